The molecule has 2 saturated heterocycles. The maximum Gasteiger partial charge on any atom is 0.225 e. The second-order valence-electron chi connectivity index (χ2n) is 5.23. The van der Waals surface area contributed by atoms with Crippen LogP contribution in [0.15, 0.2) is 0 Å². The Hall–Kier alpha value is -0.220. The van der Waals surface area contributed by atoms with Gasteiger partial charge in [-0.3, -0.25) is 9.69 Å². The van der Waals surface area contributed by atoms with Crippen LogP contribution in [0.2, 0.25) is 0 Å². The topological polar surface area (TPSA) is 23.6 Å². The molecule has 4 heteroatoms. The number of carbonyl (C=O) groups excluding carboxylic acids is 1. The first-order valence-corrected chi connectivity index (χ1v) is 7.18. The van der Waals surface area contributed by atoms with Gasteiger partial charge in [0, 0.05) is 31.3 Å². The molecule has 1 atom stereocenters. The van der Waals surface area contributed by atoms with Crippen LogP contribution in [0.1, 0.15) is 26.7 Å². The molecule has 3 nitrogen and oxygen atoms in total. The van der Waals surface area contributed by atoms with Gasteiger partial charge in [0.15, 0.2) is 0 Å². The van der Waals surface area contributed by atoms with Gasteiger partial charge in [-0.1, -0.05) is 13.8 Å². The van der Waals surface area contributed by atoms with Crippen LogP contribution >= 0.6 is 11.8 Å². The van der Waals surface area contributed by atoms with E-state index in [1.54, 1.807) is 0 Å². The van der Waals surface area contributed by atoms with E-state index in [9.17, 15) is 4.79 Å². The third-order valence-corrected chi connectivity index (χ3v) is 5.30. The molecule has 2 heterocycles. The highest BCUT2D eigenvalue weighted by Crippen LogP contribution is 2.41. The van der Waals surface area contributed by atoms with E-state index in [0.717, 1.165) is 26.1 Å². The minimum absolute atomic E-state index is 0.131. The minimum atomic E-state index is 0.131. The van der Waals surface area contributed by atoms with Crippen molar-refractivity contribution in [1.82, 2.24) is 9.80 Å². The van der Waals surface area contributed by atoms with Crippen molar-refractivity contribution in [3.63, 3.8) is 0 Å². The monoisotopic (exact) mass is 242 g/mol. The average molecular weight is 242 g/mol. The summed E-state index contributed by atoms with van der Waals surface area (Å²) in [5.74, 6) is 1.66. The summed E-state index contributed by atoms with van der Waals surface area (Å²) in [6.45, 7) is 7.02. The molecule has 2 rings (SSSR count). The summed E-state index contributed by atoms with van der Waals surface area (Å²) < 4.78 is 0. The molecule has 0 saturated carbocycles. The van der Waals surface area contributed by atoms with Gasteiger partial charge in [-0.2, -0.15) is 0 Å². The first-order valence-electron chi connectivity index (χ1n) is 6.19. The normalized spacial score (nSPS) is 31.6. The largest absolute Gasteiger partial charge is 0.340 e. The molecular weight excluding hydrogens is 220 g/mol. The molecule has 1 amide bonds. The van der Waals surface area contributed by atoms with Gasteiger partial charge in [0.1, 0.15) is 0 Å². The predicted molar refractivity (Wildman–Crippen MR) is 68.5 cm³/mol. The Morgan fingerprint density at radius 2 is 2.12 bits per heavy atom. The summed E-state index contributed by atoms with van der Waals surface area (Å²) in [6, 6.07) is 0. The Morgan fingerprint density at radius 1 is 1.38 bits per heavy atom. The van der Waals surface area contributed by atoms with Crippen LogP contribution in [0.4, 0.5) is 0 Å². The summed E-state index contributed by atoms with van der Waals surface area (Å²) in [4.78, 5) is 16.8. The van der Waals surface area contributed by atoms with Crippen molar-refractivity contribution in [2.75, 3.05) is 32.4 Å². The standard InChI is InChI=1S/C12H22N2OS/c1-10(2)11(15)14-6-4-5-12(9-14)13(3)7-8-16-12/h10H,4-9H2,1-3H3. The zero-order valence-electron chi connectivity index (χ0n) is 10.5. The van der Waals surface area contributed by atoms with Crippen LogP contribution in [-0.4, -0.2) is 53.0 Å². The third-order valence-electron chi connectivity index (χ3n) is 3.73. The molecule has 2 aliphatic heterocycles. The number of likely N-dealkylation sites (N-methyl/N-ethyl adjacent to an activating group) is 1. The summed E-state index contributed by atoms with van der Waals surface area (Å²) in [6.07, 6.45) is 2.38. The lowest BCUT2D eigenvalue weighted by Crippen LogP contribution is -2.54. The molecule has 0 aromatic heterocycles. The van der Waals surface area contributed by atoms with E-state index in [-0.39, 0.29) is 10.8 Å². The molecule has 0 aromatic rings. The summed E-state index contributed by atoms with van der Waals surface area (Å²) in [5, 5.41) is 0. The van der Waals surface area contributed by atoms with Gasteiger partial charge >= 0.3 is 0 Å². The average Bonchev–Trinajstić information content (AvgIpc) is 2.59. The number of amides is 1. The van der Waals surface area contributed by atoms with Crippen molar-refractivity contribution >= 4 is 17.7 Å². The van der Waals surface area contributed by atoms with E-state index in [1.807, 2.05) is 25.6 Å². The summed E-state index contributed by atoms with van der Waals surface area (Å²) in [5.41, 5.74) is 0. The first kappa shape index (κ1) is 12.2. The molecule has 1 unspecified atom stereocenters. The van der Waals surface area contributed by atoms with Crippen molar-refractivity contribution in [2.45, 2.75) is 31.6 Å². The highest BCUT2D eigenvalue weighted by atomic mass is 32.2. The van der Waals surface area contributed by atoms with Crippen molar-refractivity contribution < 1.29 is 4.79 Å². The predicted octanol–water partition coefficient (Wildman–Crippen LogP) is 1.64. The van der Waals surface area contributed by atoms with Crippen LogP contribution in [0.5, 0.6) is 0 Å². The maximum absolute atomic E-state index is 12.0. The highest BCUT2D eigenvalue weighted by Gasteiger charge is 2.44. The van der Waals surface area contributed by atoms with Gasteiger partial charge in [0.05, 0.1) is 4.87 Å². The van der Waals surface area contributed by atoms with Crippen molar-refractivity contribution in [3.05, 3.63) is 0 Å². The lowest BCUT2D eigenvalue weighted by atomic mass is 10.0. The van der Waals surface area contributed by atoms with Crippen molar-refractivity contribution in [1.29, 1.82) is 0 Å². The maximum atomic E-state index is 12.0. The smallest absolute Gasteiger partial charge is 0.225 e. The molecule has 2 fully saturated rings. The van der Waals surface area contributed by atoms with Crippen LogP contribution < -0.4 is 0 Å². The third kappa shape index (κ3) is 2.09. The van der Waals surface area contributed by atoms with E-state index in [1.165, 1.54) is 12.2 Å². The lowest BCUT2D eigenvalue weighted by molar-refractivity contribution is -0.136. The number of hydrogen-bond donors (Lipinski definition) is 0. The Labute approximate surface area is 103 Å². The molecule has 0 radical (unpaired) electrons. The number of piperidine rings is 1. The molecule has 1 spiro atoms. The Bertz CT molecular complexity index is 282. The number of hydrogen-bond acceptors (Lipinski definition) is 3. The van der Waals surface area contributed by atoms with Crippen LogP contribution in [0.25, 0.3) is 0 Å². The quantitative estimate of drug-likeness (QED) is 0.698. The number of likely N-dealkylation sites (tertiary alicyclic amines) is 1. The molecule has 0 bridgehead atoms. The Kier molecular flexibility index (Phi) is 3.50. The van der Waals surface area contributed by atoms with Crippen LogP contribution in [0, 0.1) is 5.92 Å². The van der Waals surface area contributed by atoms with Gasteiger partial charge < -0.3 is 4.90 Å². The number of rotatable bonds is 1. The Morgan fingerprint density at radius 3 is 2.69 bits per heavy atom. The minimum Gasteiger partial charge on any atom is -0.340 e. The Balaban J connectivity index is 2.07. The van der Waals surface area contributed by atoms with Gasteiger partial charge in [0.25, 0.3) is 0 Å². The fourth-order valence-electron chi connectivity index (χ4n) is 2.67. The highest BCUT2D eigenvalue weighted by molar-refractivity contribution is 8.00. The van der Waals surface area contributed by atoms with Crippen LogP contribution in [0.3, 0.4) is 0 Å². The first-order chi connectivity index (χ1) is 7.55. The van der Waals surface area contributed by atoms with Gasteiger partial charge in [-0.15, -0.1) is 11.8 Å². The second kappa shape index (κ2) is 4.57. The summed E-state index contributed by atoms with van der Waals surface area (Å²) >= 11 is 2.04. The van der Waals surface area contributed by atoms with Crippen molar-refractivity contribution in [3.8, 4) is 0 Å². The van der Waals surface area contributed by atoms with Gasteiger partial charge in [-0.05, 0) is 19.9 Å². The van der Waals surface area contributed by atoms with Gasteiger partial charge in [0.2, 0.25) is 5.91 Å². The molecule has 92 valence electrons. The SMILES string of the molecule is CC(C)C(=O)N1CCCC2(C1)SCCN2C. The van der Waals surface area contributed by atoms with E-state index in [4.69, 9.17) is 0 Å². The molecule has 16 heavy (non-hydrogen) atoms. The van der Waals surface area contributed by atoms with E-state index in [0.29, 0.717) is 5.91 Å². The molecule has 0 aliphatic carbocycles. The van der Waals surface area contributed by atoms with E-state index >= 15 is 0 Å². The number of carbonyl (C=O) groups is 1. The zero-order valence-corrected chi connectivity index (χ0v) is 11.3. The van der Waals surface area contributed by atoms with Gasteiger partial charge in [-0.25, -0.2) is 0 Å². The molecule has 2 aliphatic rings. The molecular formula is C12H22N2OS. The van der Waals surface area contributed by atoms with E-state index in [2.05, 4.69) is 16.8 Å². The molecule has 0 aromatic carbocycles. The molecule has 0 N–H and O–H groups in total. The fraction of sp³-hybridized carbons (Fsp3) is 0.917. The lowest BCUT2D eigenvalue weighted by Gasteiger charge is -2.44. The van der Waals surface area contributed by atoms with E-state index < -0.39 is 0 Å². The number of nitrogens with zero attached hydrogens (tertiary/aromatic N) is 2. The van der Waals surface area contributed by atoms with Crippen molar-refractivity contribution in [2.24, 2.45) is 5.92 Å². The zero-order chi connectivity index (χ0) is 11.8. The second-order valence-corrected chi connectivity index (χ2v) is 6.69. The van der Waals surface area contributed by atoms with Crippen LogP contribution in [-0.2, 0) is 4.79 Å². The summed E-state index contributed by atoms with van der Waals surface area (Å²) in [7, 11) is 2.20. The number of thioether (sulfide) groups is 1. The fourth-order valence-corrected chi connectivity index (χ4v) is 4.26.